The minimum Gasteiger partial charge on any atom is -0.350 e. The summed E-state index contributed by atoms with van der Waals surface area (Å²) in [5.74, 6) is -0.135. The standard InChI is InChI=1S/C20H19ClN2O2/c1-13-9-14(2)20-17(10-13)23(8-7-18(20)24)12-19(25)22-11-15-5-3-4-6-16(15)21/h3-10H,11-12H2,1-2H3,(H,22,25). The highest BCUT2D eigenvalue weighted by Gasteiger charge is 2.10. The van der Waals surface area contributed by atoms with Crippen LogP contribution in [0, 0.1) is 13.8 Å². The lowest BCUT2D eigenvalue weighted by atomic mass is 10.1. The van der Waals surface area contributed by atoms with Gasteiger partial charge in [0.05, 0.1) is 5.52 Å². The van der Waals surface area contributed by atoms with Crippen molar-refractivity contribution in [1.29, 1.82) is 0 Å². The van der Waals surface area contributed by atoms with Crippen molar-refractivity contribution in [3.05, 3.63) is 80.6 Å². The minimum atomic E-state index is -0.135. The fraction of sp³-hybridized carbons (Fsp3) is 0.200. The van der Waals surface area contributed by atoms with Crippen LogP contribution in [0.2, 0.25) is 5.02 Å². The number of rotatable bonds is 4. The Morgan fingerprint density at radius 1 is 1.16 bits per heavy atom. The van der Waals surface area contributed by atoms with Gasteiger partial charge in [0.25, 0.3) is 0 Å². The first kappa shape index (κ1) is 17.2. The van der Waals surface area contributed by atoms with Crippen molar-refractivity contribution in [1.82, 2.24) is 9.88 Å². The number of aromatic nitrogens is 1. The van der Waals surface area contributed by atoms with E-state index < -0.39 is 0 Å². The van der Waals surface area contributed by atoms with Crippen LogP contribution in [0.5, 0.6) is 0 Å². The topological polar surface area (TPSA) is 51.1 Å². The molecule has 0 aliphatic carbocycles. The Balaban J connectivity index is 1.83. The molecule has 128 valence electrons. The Kier molecular flexibility index (Phi) is 4.91. The van der Waals surface area contributed by atoms with Crippen molar-refractivity contribution in [3.63, 3.8) is 0 Å². The summed E-state index contributed by atoms with van der Waals surface area (Å²) in [6.45, 7) is 4.41. The van der Waals surface area contributed by atoms with Crippen LogP contribution in [0.25, 0.3) is 10.9 Å². The zero-order valence-electron chi connectivity index (χ0n) is 14.2. The second-order valence-corrected chi connectivity index (χ2v) is 6.56. The molecule has 0 bridgehead atoms. The molecule has 1 aromatic heterocycles. The van der Waals surface area contributed by atoms with E-state index in [9.17, 15) is 9.59 Å². The third-order valence-electron chi connectivity index (χ3n) is 4.17. The monoisotopic (exact) mass is 354 g/mol. The number of halogens is 1. The smallest absolute Gasteiger partial charge is 0.240 e. The van der Waals surface area contributed by atoms with E-state index in [-0.39, 0.29) is 17.9 Å². The molecule has 3 aromatic rings. The fourth-order valence-electron chi connectivity index (χ4n) is 3.00. The fourth-order valence-corrected chi connectivity index (χ4v) is 3.20. The zero-order valence-corrected chi connectivity index (χ0v) is 14.9. The number of aryl methyl sites for hydroxylation is 2. The van der Waals surface area contributed by atoms with Gasteiger partial charge < -0.3 is 9.88 Å². The molecule has 1 N–H and O–H groups in total. The van der Waals surface area contributed by atoms with Crippen molar-refractivity contribution in [3.8, 4) is 0 Å². The maximum absolute atomic E-state index is 12.3. The number of fused-ring (bicyclic) bond motifs is 1. The number of nitrogens with zero attached hydrogens (tertiary/aromatic N) is 1. The lowest BCUT2D eigenvalue weighted by Gasteiger charge is -2.13. The average Bonchev–Trinajstić information content (AvgIpc) is 2.56. The Labute approximate surface area is 151 Å². The lowest BCUT2D eigenvalue weighted by molar-refractivity contribution is -0.121. The molecule has 0 saturated carbocycles. The summed E-state index contributed by atoms with van der Waals surface area (Å²) >= 11 is 6.11. The third kappa shape index (κ3) is 3.74. The van der Waals surface area contributed by atoms with Crippen LogP contribution in [0.4, 0.5) is 0 Å². The second kappa shape index (κ2) is 7.11. The van der Waals surface area contributed by atoms with Gasteiger partial charge in [-0.25, -0.2) is 0 Å². The Hall–Kier alpha value is -2.59. The van der Waals surface area contributed by atoms with Crippen LogP contribution in [0.3, 0.4) is 0 Å². The summed E-state index contributed by atoms with van der Waals surface area (Å²) in [5.41, 5.74) is 3.60. The maximum Gasteiger partial charge on any atom is 0.240 e. The molecule has 0 radical (unpaired) electrons. The van der Waals surface area contributed by atoms with Crippen LogP contribution in [0.1, 0.15) is 16.7 Å². The number of pyridine rings is 1. The van der Waals surface area contributed by atoms with E-state index in [0.717, 1.165) is 22.2 Å². The van der Waals surface area contributed by atoms with E-state index in [1.165, 1.54) is 6.07 Å². The Morgan fingerprint density at radius 2 is 1.92 bits per heavy atom. The van der Waals surface area contributed by atoms with Crippen LogP contribution < -0.4 is 10.7 Å². The van der Waals surface area contributed by atoms with Crippen molar-refractivity contribution in [2.75, 3.05) is 0 Å². The van der Waals surface area contributed by atoms with Gasteiger partial charge in [0.1, 0.15) is 6.54 Å². The first-order valence-electron chi connectivity index (χ1n) is 8.06. The average molecular weight is 355 g/mol. The van der Waals surface area contributed by atoms with Gasteiger partial charge in [0.2, 0.25) is 5.91 Å². The summed E-state index contributed by atoms with van der Waals surface area (Å²) in [6.07, 6.45) is 1.67. The third-order valence-corrected chi connectivity index (χ3v) is 4.54. The number of carbonyl (C=O) groups excluding carboxylic acids is 1. The molecule has 0 unspecified atom stereocenters. The molecule has 0 fully saturated rings. The molecule has 2 aromatic carbocycles. The summed E-state index contributed by atoms with van der Waals surface area (Å²) in [4.78, 5) is 24.5. The first-order chi connectivity index (χ1) is 12.0. The first-order valence-corrected chi connectivity index (χ1v) is 8.44. The van der Waals surface area contributed by atoms with E-state index in [0.29, 0.717) is 17.0 Å². The molecule has 4 nitrogen and oxygen atoms in total. The summed E-state index contributed by atoms with van der Waals surface area (Å²) in [7, 11) is 0. The number of nitrogens with one attached hydrogen (secondary N) is 1. The van der Waals surface area contributed by atoms with Crippen molar-refractivity contribution in [2.24, 2.45) is 0 Å². The zero-order chi connectivity index (χ0) is 18.0. The van der Waals surface area contributed by atoms with E-state index in [1.807, 2.05) is 44.2 Å². The second-order valence-electron chi connectivity index (χ2n) is 6.15. The highest BCUT2D eigenvalue weighted by molar-refractivity contribution is 6.31. The van der Waals surface area contributed by atoms with Gasteiger partial charge in [-0.1, -0.05) is 35.9 Å². The Morgan fingerprint density at radius 3 is 2.68 bits per heavy atom. The van der Waals surface area contributed by atoms with Crippen molar-refractivity contribution >= 4 is 28.4 Å². The van der Waals surface area contributed by atoms with Gasteiger partial charge in [-0.3, -0.25) is 9.59 Å². The van der Waals surface area contributed by atoms with Gasteiger partial charge in [-0.05, 0) is 42.7 Å². The lowest BCUT2D eigenvalue weighted by Crippen LogP contribution is -2.27. The summed E-state index contributed by atoms with van der Waals surface area (Å²) < 4.78 is 1.80. The minimum absolute atomic E-state index is 0.0276. The van der Waals surface area contributed by atoms with Crippen LogP contribution in [-0.2, 0) is 17.9 Å². The van der Waals surface area contributed by atoms with Gasteiger partial charge in [-0.15, -0.1) is 0 Å². The molecule has 1 amide bonds. The molecule has 5 heteroatoms. The van der Waals surface area contributed by atoms with Crippen LogP contribution >= 0.6 is 11.6 Å². The SMILES string of the molecule is Cc1cc(C)c2c(=O)ccn(CC(=O)NCc3ccccc3Cl)c2c1. The molecule has 3 rings (SSSR count). The molecule has 0 aliphatic heterocycles. The molecule has 0 aliphatic rings. The van der Waals surface area contributed by atoms with Gasteiger partial charge in [-0.2, -0.15) is 0 Å². The van der Waals surface area contributed by atoms with E-state index in [4.69, 9.17) is 11.6 Å². The van der Waals surface area contributed by atoms with Gasteiger partial charge >= 0.3 is 0 Å². The Bertz CT molecular complexity index is 1010. The molecule has 1 heterocycles. The summed E-state index contributed by atoms with van der Waals surface area (Å²) in [6, 6.07) is 12.8. The molecule has 0 saturated heterocycles. The molecule has 0 atom stereocenters. The van der Waals surface area contributed by atoms with Gasteiger partial charge in [0, 0.05) is 29.2 Å². The highest BCUT2D eigenvalue weighted by atomic mass is 35.5. The normalized spacial score (nSPS) is 10.8. The van der Waals surface area contributed by atoms with E-state index >= 15 is 0 Å². The quantitative estimate of drug-likeness (QED) is 0.778. The van der Waals surface area contributed by atoms with Crippen molar-refractivity contribution in [2.45, 2.75) is 26.9 Å². The van der Waals surface area contributed by atoms with Crippen LogP contribution in [-0.4, -0.2) is 10.5 Å². The van der Waals surface area contributed by atoms with Gasteiger partial charge in [0.15, 0.2) is 5.43 Å². The molecular weight excluding hydrogens is 336 g/mol. The predicted octanol–water partition coefficient (Wildman–Crippen LogP) is 3.59. The largest absolute Gasteiger partial charge is 0.350 e. The molecule has 25 heavy (non-hydrogen) atoms. The van der Waals surface area contributed by atoms with E-state index in [1.54, 1.807) is 16.8 Å². The number of hydrogen-bond donors (Lipinski definition) is 1. The van der Waals surface area contributed by atoms with E-state index in [2.05, 4.69) is 5.32 Å². The van der Waals surface area contributed by atoms with Crippen molar-refractivity contribution < 1.29 is 4.79 Å². The number of hydrogen-bond acceptors (Lipinski definition) is 2. The number of amides is 1. The number of benzene rings is 2. The maximum atomic E-state index is 12.3. The number of carbonyl (C=O) groups is 1. The molecular formula is C20H19ClN2O2. The summed E-state index contributed by atoms with van der Waals surface area (Å²) in [5, 5.41) is 4.16. The predicted molar refractivity (Wildman–Crippen MR) is 101 cm³/mol. The molecule has 0 spiro atoms. The highest BCUT2D eigenvalue weighted by Crippen LogP contribution is 2.18. The van der Waals surface area contributed by atoms with Crippen LogP contribution in [0.15, 0.2) is 53.5 Å².